The van der Waals surface area contributed by atoms with Crippen molar-refractivity contribution in [1.82, 2.24) is 14.5 Å². The summed E-state index contributed by atoms with van der Waals surface area (Å²) in [6.45, 7) is 1.70. The van der Waals surface area contributed by atoms with E-state index in [0.717, 1.165) is 28.2 Å². The lowest BCUT2D eigenvalue weighted by Gasteiger charge is -2.17. The molecule has 1 fully saturated rings. The summed E-state index contributed by atoms with van der Waals surface area (Å²) < 4.78 is 7.25. The van der Waals surface area contributed by atoms with Gasteiger partial charge in [0.05, 0.1) is 24.7 Å². The molecule has 5 heteroatoms. The molecule has 1 unspecified atom stereocenters. The molecular weight excluding hydrogens is 338 g/mol. The molecule has 0 spiro atoms. The van der Waals surface area contributed by atoms with Gasteiger partial charge in [-0.2, -0.15) is 0 Å². The van der Waals surface area contributed by atoms with Crippen molar-refractivity contribution >= 4 is 16.9 Å². The summed E-state index contributed by atoms with van der Waals surface area (Å²) in [4.78, 5) is 19.3. The van der Waals surface area contributed by atoms with Crippen molar-refractivity contribution in [2.24, 2.45) is 0 Å². The molecule has 2 heterocycles. The van der Waals surface area contributed by atoms with Crippen LogP contribution in [0.5, 0.6) is 5.75 Å². The second-order valence-corrected chi connectivity index (χ2v) is 6.77. The number of fused-ring (bicyclic) bond motifs is 1. The van der Waals surface area contributed by atoms with Crippen molar-refractivity contribution < 1.29 is 9.53 Å². The van der Waals surface area contributed by atoms with Crippen LogP contribution in [0.1, 0.15) is 23.7 Å². The molecule has 1 aliphatic rings. The molecule has 1 saturated heterocycles. The van der Waals surface area contributed by atoms with E-state index in [1.54, 1.807) is 7.11 Å². The van der Waals surface area contributed by atoms with E-state index in [2.05, 4.69) is 10.5 Å². The molecule has 0 bridgehead atoms. The monoisotopic (exact) mass is 359 g/mol. The Bertz CT molecular complexity index is 1010. The van der Waals surface area contributed by atoms with Crippen LogP contribution in [-0.2, 0) is 17.9 Å². The molecule has 0 N–H and O–H groups in total. The minimum Gasteiger partial charge on any atom is -0.497 e. The summed E-state index contributed by atoms with van der Waals surface area (Å²) in [6.07, 6.45) is 6.03. The van der Waals surface area contributed by atoms with Crippen LogP contribution in [0, 0.1) is 12.3 Å². The summed E-state index contributed by atoms with van der Waals surface area (Å²) in [6, 6.07) is 15.8. The maximum absolute atomic E-state index is 12.6. The standard InChI is InChI=1S/C22H21N3O2/c1-3-12-25-20-7-5-4-6-19(20)23-22(25)17-13-21(26)24(15-17)14-16-8-10-18(27-2)11-9-16/h1,4-11,17H,12-15H2,2H3. The van der Waals surface area contributed by atoms with Crippen molar-refractivity contribution in [2.45, 2.75) is 25.4 Å². The third-order valence-electron chi connectivity index (χ3n) is 5.05. The number of methoxy groups -OCH3 is 1. The number of rotatable bonds is 5. The smallest absolute Gasteiger partial charge is 0.223 e. The van der Waals surface area contributed by atoms with Crippen LogP contribution in [0.15, 0.2) is 48.5 Å². The Balaban J connectivity index is 1.57. The lowest BCUT2D eigenvalue weighted by Crippen LogP contribution is -2.24. The highest BCUT2D eigenvalue weighted by Gasteiger charge is 2.33. The summed E-state index contributed by atoms with van der Waals surface area (Å²) >= 11 is 0. The number of likely N-dealkylation sites (tertiary alicyclic amines) is 1. The number of terminal acetylenes is 1. The number of amides is 1. The molecule has 1 aromatic heterocycles. The molecular formula is C22H21N3O2. The van der Waals surface area contributed by atoms with Crippen LogP contribution in [0.4, 0.5) is 0 Å². The maximum Gasteiger partial charge on any atom is 0.223 e. The van der Waals surface area contributed by atoms with Crippen LogP contribution in [-0.4, -0.2) is 34.0 Å². The van der Waals surface area contributed by atoms with Gasteiger partial charge in [-0.05, 0) is 29.8 Å². The molecule has 5 nitrogen and oxygen atoms in total. The molecule has 2 aromatic carbocycles. The first-order valence-electron chi connectivity index (χ1n) is 8.99. The van der Waals surface area contributed by atoms with E-state index in [1.165, 1.54) is 0 Å². The Kier molecular flexibility index (Phi) is 4.55. The highest BCUT2D eigenvalue weighted by Crippen LogP contribution is 2.31. The minimum atomic E-state index is 0.0523. The van der Waals surface area contributed by atoms with Gasteiger partial charge in [0.25, 0.3) is 0 Å². The maximum atomic E-state index is 12.6. The van der Waals surface area contributed by atoms with E-state index in [4.69, 9.17) is 16.1 Å². The fourth-order valence-corrected chi connectivity index (χ4v) is 3.71. The van der Waals surface area contributed by atoms with Gasteiger partial charge in [-0.25, -0.2) is 4.98 Å². The van der Waals surface area contributed by atoms with E-state index >= 15 is 0 Å². The number of hydrogen-bond donors (Lipinski definition) is 0. The SMILES string of the molecule is C#CCn1c(C2CC(=O)N(Cc3ccc(OC)cc3)C2)nc2ccccc21. The quantitative estimate of drug-likeness (QED) is 0.657. The minimum absolute atomic E-state index is 0.0523. The normalized spacial score (nSPS) is 16.7. The third kappa shape index (κ3) is 3.26. The molecule has 1 atom stereocenters. The van der Waals surface area contributed by atoms with Gasteiger partial charge >= 0.3 is 0 Å². The predicted octanol–water partition coefficient (Wildman–Crippen LogP) is 3.19. The van der Waals surface area contributed by atoms with E-state index in [9.17, 15) is 4.79 Å². The van der Waals surface area contributed by atoms with E-state index in [0.29, 0.717) is 26.1 Å². The van der Waals surface area contributed by atoms with Crippen molar-refractivity contribution in [2.75, 3.05) is 13.7 Å². The number of benzene rings is 2. The second-order valence-electron chi connectivity index (χ2n) is 6.77. The van der Waals surface area contributed by atoms with Crippen LogP contribution >= 0.6 is 0 Å². The van der Waals surface area contributed by atoms with Crippen LogP contribution in [0.2, 0.25) is 0 Å². The Morgan fingerprint density at radius 3 is 2.74 bits per heavy atom. The largest absolute Gasteiger partial charge is 0.497 e. The molecule has 0 saturated carbocycles. The third-order valence-corrected chi connectivity index (χ3v) is 5.05. The molecule has 1 aliphatic heterocycles. The first-order chi connectivity index (χ1) is 13.2. The van der Waals surface area contributed by atoms with Gasteiger partial charge < -0.3 is 14.2 Å². The van der Waals surface area contributed by atoms with Crippen LogP contribution < -0.4 is 4.74 Å². The van der Waals surface area contributed by atoms with E-state index < -0.39 is 0 Å². The number of hydrogen-bond acceptors (Lipinski definition) is 3. The van der Waals surface area contributed by atoms with Gasteiger partial charge in [0.15, 0.2) is 0 Å². The average molecular weight is 359 g/mol. The molecule has 0 radical (unpaired) electrons. The highest BCUT2D eigenvalue weighted by atomic mass is 16.5. The van der Waals surface area contributed by atoms with Gasteiger partial charge in [-0.15, -0.1) is 6.42 Å². The van der Waals surface area contributed by atoms with Gasteiger partial charge in [-0.1, -0.05) is 30.2 Å². The van der Waals surface area contributed by atoms with Gasteiger partial charge in [0.1, 0.15) is 11.6 Å². The van der Waals surface area contributed by atoms with Gasteiger partial charge in [-0.3, -0.25) is 4.79 Å². The van der Waals surface area contributed by atoms with Crippen LogP contribution in [0.25, 0.3) is 11.0 Å². The summed E-state index contributed by atoms with van der Waals surface area (Å²) in [7, 11) is 1.64. The zero-order valence-electron chi connectivity index (χ0n) is 15.3. The zero-order chi connectivity index (χ0) is 18.8. The summed E-state index contributed by atoms with van der Waals surface area (Å²) in [5.41, 5.74) is 3.03. The van der Waals surface area contributed by atoms with Crippen molar-refractivity contribution in [3.05, 3.63) is 59.9 Å². The molecule has 4 rings (SSSR count). The van der Waals surface area contributed by atoms with E-state index in [-0.39, 0.29) is 11.8 Å². The zero-order valence-corrected chi connectivity index (χ0v) is 15.3. The predicted molar refractivity (Wildman–Crippen MR) is 104 cm³/mol. The van der Waals surface area contributed by atoms with Gasteiger partial charge in [0.2, 0.25) is 5.91 Å². The number of imidazole rings is 1. The molecule has 136 valence electrons. The number of carbonyl (C=O) groups is 1. The number of para-hydroxylation sites is 2. The molecule has 27 heavy (non-hydrogen) atoms. The Morgan fingerprint density at radius 1 is 1.22 bits per heavy atom. The number of carbonyl (C=O) groups excluding carboxylic acids is 1. The number of ether oxygens (including phenoxy) is 1. The first-order valence-corrected chi connectivity index (χ1v) is 8.99. The van der Waals surface area contributed by atoms with Crippen LogP contribution in [0.3, 0.4) is 0 Å². The number of nitrogens with zero attached hydrogens (tertiary/aromatic N) is 3. The highest BCUT2D eigenvalue weighted by molar-refractivity contribution is 5.81. The molecule has 0 aliphatic carbocycles. The van der Waals surface area contributed by atoms with Crippen molar-refractivity contribution in [3.8, 4) is 18.1 Å². The summed E-state index contributed by atoms with van der Waals surface area (Å²) in [5.74, 6) is 4.63. The van der Waals surface area contributed by atoms with Crippen molar-refractivity contribution in [3.63, 3.8) is 0 Å². The fourth-order valence-electron chi connectivity index (χ4n) is 3.71. The Hall–Kier alpha value is -3.26. The first kappa shape index (κ1) is 17.2. The lowest BCUT2D eigenvalue weighted by molar-refractivity contribution is -0.128. The molecule has 3 aromatic rings. The topological polar surface area (TPSA) is 47.4 Å². The Morgan fingerprint density at radius 2 is 2.00 bits per heavy atom. The van der Waals surface area contributed by atoms with Gasteiger partial charge in [0, 0.05) is 25.4 Å². The van der Waals surface area contributed by atoms with E-state index in [1.807, 2.05) is 53.4 Å². The average Bonchev–Trinajstić information content (AvgIpc) is 3.24. The van der Waals surface area contributed by atoms with Crippen molar-refractivity contribution in [1.29, 1.82) is 0 Å². The number of aromatic nitrogens is 2. The fraction of sp³-hybridized carbons (Fsp3) is 0.273. The lowest BCUT2D eigenvalue weighted by atomic mass is 10.1. The Labute approximate surface area is 158 Å². The molecule has 1 amide bonds. The summed E-state index contributed by atoms with van der Waals surface area (Å²) in [5, 5.41) is 0. The second kappa shape index (κ2) is 7.16.